The Morgan fingerprint density at radius 3 is 2.53 bits per heavy atom. The molecule has 10 heteroatoms. The van der Waals surface area contributed by atoms with Crippen molar-refractivity contribution in [3.8, 4) is 11.4 Å². The maximum atomic E-state index is 12.4. The molecule has 0 radical (unpaired) electrons. The van der Waals surface area contributed by atoms with Crippen molar-refractivity contribution in [3.63, 3.8) is 0 Å². The van der Waals surface area contributed by atoms with Gasteiger partial charge in [0.05, 0.1) is 29.7 Å². The van der Waals surface area contributed by atoms with Crippen LogP contribution in [-0.2, 0) is 15.3 Å². The van der Waals surface area contributed by atoms with Gasteiger partial charge in [0.2, 0.25) is 5.91 Å². The fourth-order valence-corrected chi connectivity index (χ4v) is 5.58. The number of para-hydroxylation sites is 1. The van der Waals surface area contributed by atoms with Crippen LogP contribution in [0.15, 0.2) is 60.7 Å². The number of urea groups is 1. The van der Waals surface area contributed by atoms with Gasteiger partial charge in [0.25, 0.3) is 0 Å². The van der Waals surface area contributed by atoms with Crippen LogP contribution in [0.3, 0.4) is 0 Å². The first-order valence-corrected chi connectivity index (χ1v) is 13.8. The molecule has 0 spiro atoms. The van der Waals surface area contributed by atoms with Gasteiger partial charge in [-0.05, 0) is 56.7 Å². The fraction of sp³-hybridized carbons (Fsp3) is 0.357. The Morgan fingerprint density at radius 1 is 1.11 bits per heavy atom. The first-order chi connectivity index (χ1) is 18.4. The van der Waals surface area contributed by atoms with Gasteiger partial charge in [-0.1, -0.05) is 18.2 Å². The Balaban J connectivity index is 1.36. The molecule has 1 atom stereocenters. The first kappa shape index (κ1) is 26.0. The minimum atomic E-state index is -0.313. The summed E-state index contributed by atoms with van der Waals surface area (Å²) in [6.45, 7) is 7.01. The summed E-state index contributed by atoms with van der Waals surface area (Å²) in [5.74, 6) is 2.17. The second kappa shape index (κ2) is 11.4. The van der Waals surface area contributed by atoms with E-state index in [1.165, 1.54) is 0 Å². The van der Waals surface area contributed by atoms with Gasteiger partial charge < -0.3 is 25.6 Å². The smallest absolute Gasteiger partial charge is 0.323 e. The van der Waals surface area contributed by atoms with E-state index in [2.05, 4.69) is 34.7 Å². The highest BCUT2D eigenvalue weighted by Crippen LogP contribution is 2.30. The zero-order valence-corrected chi connectivity index (χ0v) is 22.4. The van der Waals surface area contributed by atoms with Crippen molar-refractivity contribution in [2.75, 3.05) is 41.8 Å². The van der Waals surface area contributed by atoms with E-state index >= 15 is 0 Å². The number of hydrogen-bond donors (Lipinski definition) is 3. The van der Waals surface area contributed by atoms with Gasteiger partial charge in [-0.25, -0.2) is 14.8 Å². The lowest BCUT2D eigenvalue weighted by atomic mass is 10.0. The van der Waals surface area contributed by atoms with Crippen LogP contribution in [0.5, 0.6) is 0 Å². The standard InChI is InChI=1S/C28H32N6O3S/c1-28(2)18-37-15-14-34(28)24-16-22(17-38-23-12-13-29-26(23)35)30-25(33-24)19-8-10-21(11-9-19)32-27(36)31-20-6-4-3-5-7-20/h3-11,16,23H,12-15,17-18H2,1-2H3,(H,29,35)(H2,31,32,36). The van der Waals surface area contributed by atoms with Crippen LogP contribution < -0.4 is 20.9 Å². The third-order valence-electron chi connectivity index (χ3n) is 6.55. The summed E-state index contributed by atoms with van der Waals surface area (Å²) in [6.07, 6.45) is 0.830. The molecule has 3 aromatic rings. The molecular formula is C28H32N6O3S. The van der Waals surface area contributed by atoms with Gasteiger partial charge in [0, 0.05) is 41.8 Å². The van der Waals surface area contributed by atoms with E-state index in [1.54, 1.807) is 11.8 Å². The van der Waals surface area contributed by atoms with Gasteiger partial charge >= 0.3 is 6.03 Å². The largest absolute Gasteiger partial charge is 0.377 e. The third-order valence-corrected chi connectivity index (χ3v) is 7.87. The summed E-state index contributed by atoms with van der Waals surface area (Å²) in [5.41, 5.74) is 2.90. The number of carbonyl (C=O) groups excluding carboxylic acids is 2. The van der Waals surface area contributed by atoms with Crippen LogP contribution in [0.2, 0.25) is 0 Å². The molecule has 3 heterocycles. The van der Waals surface area contributed by atoms with Crippen molar-refractivity contribution in [1.82, 2.24) is 15.3 Å². The summed E-state index contributed by atoms with van der Waals surface area (Å²) in [7, 11) is 0. The van der Waals surface area contributed by atoms with E-state index in [9.17, 15) is 9.59 Å². The molecule has 2 saturated heterocycles. The summed E-state index contributed by atoms with van der Waals surface area (Å²) in [6, 6.07) is 18.5. The van der Waals surface area contributed by atoms with E-state index in [-0.39, 0.29) is 22.7 Å². The number of nitrogens with zero attached hydrogens (tertiary/aromatic N) is 3. The van der Waals surface area contributed by atoms with Crippen LogP contribution >= 0.6 is 11.8 Å². The maximum Gasteiger partial charge on any atom is 0.323 e. The van der Waals surface area contributed by atoms with Crippen molar-refractivity contribution in [3.05, 3.63) is 66.4 Å². The van der Waals surface area contributed by atoms with Crippen molar-refractivity contribution < 1.29 is 14.3 Å². The molecule has 0 saturated carbocycles. The maximum absolute atomic E-state index is 12.4. The first-order valence-electron chi connectivity index (χ1n) is 12.7. The Hall–Kier alpha value is -3.63. The Kier molecular flexibility index (Phi) is 7.80. The summed E-state index contributed by atoms with van der Waals surface area (Å²) < 4.78 is 5.72. The molecule has 38 heavy (non-hydrogen) atoms. The van der Waals surface area contributed by atoms with Crippen LogP contribution in [-0.4, -0.2) is 59.0 Å². The van der Waals surface area contributed by atoms with Crippen molar-refractivity contribution in [1.29, 1.82) is 0 Å². The molecule has 0 aliphatic carbocycles. The predicted octanol–water partition coefficient (Wildman–Crippen LogP) is 4.52. The molecule has 3 amide bonds. The van der Waals surface area contributed by atoms with Gasteiger partial charge in [-0.15, -0.1) is 11.8 Å². The average Bonchev–Trinajstić information content (AvgIpc) is 3.32. The Labute approximate surface area is 226 Å². The number of aromatic nitrogens is 2. The van der Waals surface area contributed by atoms with Crippen LogP contribution in [0, 0.1) is 0 Å². The van der Waals surface area contributed by atoms with Crippen LogP contribution in [0.4, 0.5) is 22.0 Å². The minimum absolute atomic E-state index is 0.0518. The Bertz CT molecular complexity index is 1290. The molecule has 2 aliphatic rings. The highest BCUT2D eigenvalue weighted by atomic mass is 32.2. The van der Waals surface area contributed by atoms with E-state index in [1.807, 2.05) is 60.7 Å². The number of rotatable bonds is 7. The lowest BCUT2D eigenvalue weighted by Gasteiger charge is -2.43. The highest BCUT2D eigenvalue weighted by molar-refractivity contribution is 7.99. The third kappa shape index (κ3) is 6.25. The summed E-state index contributed by atoms with van der Waals surface area (Å²) in [5, 5.41) is 8.52. The number of nitrogens with one attached hydrogen (secondary N) is 3. The molecule has 5 rings (SSSR count). The summed E-state index contributed by atoms with van der Waals surface area (Å²) in [4.78, 5) is 36.5. The van der Waals surface area contributed by atoms with Crippen molar-refractivity contribution >= 4 is 40.9 Å². The lowest BCUT2D eigenvalue weighted by Crippen LogP contribution is -2.53. The number of morpholine rings is 1. The molecule has 1 unspecified atom stereocenters. The molecule has 3 N–H and O–H groups in total. The molecule has 2 aliphatic heterocycles. The van der Waals surface area contributed by atoms with E-state index in [0.717, 1.165) is 42.3 Å². The molecule has 9 nitrogen and oxygen atoms in total. The van der Waals surface area contributed by atoms with Gasteiger partial charge in [-0.3, -0.25) is 4.79 Å². The molecular weight excluding hydrogens is 500 g/mol. The van der Waals surface area contributed by atoms with Gasteiger partial charge in [-0.2, -0.15) is 0 Å². The van der Waals surface area contributed by atoms with Gasteiger partial charge in [0.15, 0.2) is 5.82 Å². The van der Waals surface area contributed by atoms with E-state index < -0.39 is 0 Å². The number of carbonyl (C=O) groups is 2. The lowest BCUT2D eigenvalue weighted by molar-refractivity contribution is -0.118. The van der Waals surface area contributed by atoms with Crippen LogP contribution in [0.1, 0.15) is 26.0 Å². The second-order valence-electron chi connectivity index (χ2n) is 9.96. The van der Waals surface area contributed by atoms with Crippen LogP contribution in [0.25, 0.3) is 11.4 Å². The second-order valence-corrected chi connectivity index (χ2v) is 11.2. The Morgan fingerprint density at radius 2 is 1.84 bits per heavy atom. The minimum Gasteiger partial charge on any atom is -0.377 e. The predicted molar refractivity (Wildman–Crippen MR) is 152 cm³/mol. The number of benzene rings is 2. The average molecular weight is 533 g/mol. The summed E-state index contributed by atoms with van der Waals surface area (Å²) >= 11 is 1.61. The molecule has 0 bridgehead atoms. The molecule has 2 fully saturated rings. The van der Waals surface area contributed by atoms with Crippen molar-refractivity contribution in [2.24, 2.45) is 0 Å². The number of amides is 3. The number of anilines is 3. The van der Waals surface area contributed by atoms with E-state index in [4.69, 9.17) is 14.7 Å². The molecule has 1 aromatic heterocycles. The molecule has 2 aromatic carbocycles. The number of thioether (sulfide) groups is 1. The highest BCUT2D eigenvalue weighted by Gasteiger charge is 2.32. The monoisotopic (exact) mass is 532 g/mol. The quantitative estimate of drug-likeness (QED) is 0.410. The van der Waals surface area contributed by atoms with Crippen molar-refractivity contribution in [2.45, 2.75) is 36.8 Å². The SMILES string of the molecule is CC1(C)COCCN1c1cc(CSC2CCNC2=O)nc(-c2ccc(NC(=O)Nc3ccccc3)cc2)n1. The normalized spacial score (nSPS) is 18.6. The number of ether oxygens (including phenoxy) is 1. The zero-order chi connectivity index (χ0) is 26.5. The number of hydrogen-bond acceptors (Lipinski definition) is 7. The van der Waals surface area contributed by atoms with E-state index in [0.29, 0.717) is 30.5 Å². The molecule has 198 valence electrons. The fourth-order valence-electron chi connectivity index (χ4n) is 4.54. The topological polar surface area (TPSA) is 108 Å². The van der Waals surface area contributed by atoms with Gasteiger partial charge in [0.1, 0.15) is 5.82 Å². The zero-order valence-electron chi connectivity index (χ0n) is 21.6.